The van der Waals surface area contributed by atoms with E-state index in [9.17, 15) is 5.11 Å². The summed E-state index contributed by atoms with van der Waals surface area (Å²) in [6.07, 6.45) is 12.5. The molecule has 0 amide bonds. The second-order valence-electron chi connectivity index (χ2n) is 7.32. The van der Waals surface area contributed by atoms with Crippen LogP contribution in [0.25, 0.3) is 0 Å². The monoisotopic (exact) mass is 266 g/mol. The van der Waals surface area contributed by atoms with E-state index >= 15 is 0 Å². The molecular formula is C17H30O2. The normalized spacial score (nSPS) is 39.8. The lowest BCUT2D eigenvalue weighted by Gasteiger charge is -2.49. The molecule has 2 saturated carbocycles. The smallest absolute Gasteiger partial charge is 0.0686 e. The Morgan fingerprint density at radius 3 is 2.42 bits per heavy atom. The highest BCUT2D eigenvalue weighted by Gasteiger charge is 2.45. The van der Waals surface area contributed by atoms with Crippen molar-refractivity contribution in [2.45, 2.75) is 82.8 Å². The van der Waals surface area contributed by atoms with Crippen LogP contribution in [-0.2, 0) is 4.74 Å². The Kier molecular flexibility index (Phi) is 4.19. The average Bonchev–Trinajstić information content (AvgIpc) is 2.45. The second-order valence-corrected chi connectivity index (χ2v) is 7.32. The fraction of sp³-hybridized carbons (Fsp3) is 1.00. The third-order valence-corrected chi connectivity index (χ3v) is 6.23. The van der Waals surface area contributed by atoms with Gasteiger partial charge in [-0.1, -0.05) is 26.2 Å². The minimum atomic E-state index is -0.0563. The fourth-order valence-electron chi connectivity index (χ4n) is 4.60. The quantitative estimate of drug-likeness (QED) is 0.839. The van der Waals surface area contributed by atoms with Crippen molar-refractivity contribution in [1.82, 2.24) is 0 Å². The van der Waals surface area contributed by atoms with E-state index in [-0.39, 0.29) is 11.7 Å². The topological polar surface area (TPSA) is 29.5 Å². The minimum absolute atomic E-state index is 0.0563. The summed E-state index contributed by atoms with van der Waals surface area (Å²) in [4.78, 5) is 0. The van der Waals surface area contributed by atoms with Gasteiger partial charge < -0.3 is 9.84 Å². The molecule has 2 aliphatic carbocycles. The van der Waals surface area contributed by atoms with Crippen molar-refractivity contribution >= 4 is 0 Å². The molecule has 0 aromatic rings. The van der Waals surface area contributed by atoms with Crippen molar-refractivity contribution in [3.63, 3.8) is 0 Å². The fourth-order valence-corrected chi connectivity index (χ4v) is 4.60. The Bertz CT molecular complexity index is 290. The molecule has 2 unspecified atom stereocenters. The van der Waals surface area contributed by atoms with E-state index in [4.69, 9.17) is 4.74 Å². The largest absolute Gasteiger partial charge is 0.393 e. The molecule has 0 aromatic carbocycles. The Morgan fingerprint density at radius 2 is 1.84 bits per heavy atom. The Hall–Kier alpha value is -0.0800. The summed E-state index contributed by atoms with van der Waals surface area (Å²) in [5, 5.41) is 10.8. The van der Waals surface area contributed by atoms with E-state index in [2.05, 4.69) is 6.92 Å². The Morgan fingerprint density at radius 1 is 1.11 bits per heavy atom. The molecule has 2 atom stereocenters. The zero-order valence-electron chi connectivity index (χ0n) is 12.4. The van der Waals surface area contributed by atoms with Gasteiger partial charge in [0.1, 0.15) is 0 Å². The van der Waals surface area contributed by atoms with Crippen LogP contribution < -0.4 is 0 Å². The molecule has 0 bridgehead atoms. The maximum Gasteiger partial charge on any atom is 0.0686 e. The maximum absolute atomic E-state index is 10.8. The molecular weight excluding hydrogens is 236 g/mol. The summed E-state index contributed by atoms with van der Waals surface area (Å²) in [7, 11) is 0. The Labute approximate surface area is 117 Å². The van der Waals surface area contributed by atoms with E-state index in [1.54, 1.807) is 0 Å². The van der Waals surface area contributed by atoms with Gasteiger partial charge in [0.15, 0.2) is 0 Å². The molecule has 0 radical (unpaired) electrons. The highest BCUT2D eigenvalue weighted by molar-refractivity contribution is 4.96. The van der Waals surface area contributed by atoms with Crippen LogP contribution in [0, 0.1) is 17.8 Å². The molecule has 1 heterocycles. The van der Waals surface area contributed by atoms with E-state index in [0.717, 1.165) is 25.4 Å². The molecule has 2 heteroatoms. The number of aliphatic hydroxyl groups is 1. The number of aliphatic hydroxyl groups excluding tert-OH is 1. The van der Waals surface area contributed by atoms with Gasteiger partial charge in [-0.2, -0.15) is 0 Å². The van der Waals surface area contributed by atoms with E-state index in [1.165, 1.54) is 51.4 Å². The molecule has 3 rings (SSSR count). The molecule has 1 aliphatic heterocycles. The van der Waals surface area contributed by atoms with Crippen molar-refractivity contribution in [1.29, 1.82) is 0 Å². The highest BCUT2D eigenvalue weighted by atomic mass is 16.5. The lowest BCUT2D eigenvalue weighted by molar-refractivity contribution is -0.162. The van der Waals surface area contributed by atoms with Crippen molar-refractivity contribution in [2.75, 3.05) is 6.61 Å². The van der Waals surface area contributed by atoms with E-state index in [1.807, 2.05) is 0 Å². The van der Waals surface area contributed by atoms with Gasteiger partial charge in [-0.15, -0.1) is 0 Å². The number of hydrogen-bond acceptors (Lipinski definition) is 2. The first-order chi connectivity index (χ1) is 9.22. The first-order valence-electron chi connectivity index (χ1n) is 8.54. The van der Waals surface area contributed by atoms with Crippen LogP contribution in [0.4, 0.5) is 0 Å². The van der Waals surface area contributed by atoms with Crippen molar-refractivity contribution < 1.29 is 9.84 Å². The molecule has 1 N–H and O–H groups in total. The van der Waals surface area contributed by atoms with Crippen LogP contribution in [0.1, 0.15) is 71.1 Å². The standard InChI is InChI=1S/C17H30O2/c1-2-13-4-6-14(7-5-13)16(18)15-8-11-19-17(12-15)9-3-10-17/h13-16,18H,2-12H2,1H3. The van der Waals surface area contributed by atoms with Gasteiger partial charge in [0.05, 0.1) is 11.7 Å². The van der Waals surface area contributed by atoms with Gasteiger partial charge in [0.25, 0.3) is 0 Å². The second kappa shape index (κ2) is 5.73. The summed E-state index contributed by atoms with van der Waals surface area (Å²) < 4.78 is 5.99. The summed E-state index contributed by atoms with van der Waals surface area (Å²) in [6.45, 7) is 3.19. The SMILES string of the molecule is CCC1CCC(C(O)C2CCOC3(CCC3)C2)CC1. The molecule has 2 nitrogen and oxygen atoms in total. The minimum Gasteiger partial charge on any atom is -0.393 e. The summed E-state index contributed by atoms with van der Waals surface area (Å²) in [5.74, 6) is 2.01. The zero-order chi connectivity index (χ0) is 13.3. The summed E-state index contributed by atoms with van der Waals surface area (Å²) in [6, 6.07) is 0. The molecule has 3 aliphatic rings. The summed E-state index contributed by atoms with van der Waals surface area (Å²) in [5.41, 5.74) is 0.185. The van der Waals surface area contributed by atoms with Crippen LogP contribution in [-0.4, -0.2) is 23.4 Å². The first-order valence-corrected chi connectivity index (χ1v) is 8.54. The molecule has 110 valence electrons. The van der Waals surface area contributed by atoms with E-state index in [0.29, 0.717) is 11.8 Å². The van der Waals surface area contributed by atoms with Gasteiger partial charge in [-0.25, -0.2) is 0 Å². The van der Waals surface area contributed by atoms with Crippen molar-refractivity contribution in [3.05, 3.63) is 0 Å². The molecule has 19 heavy (non-hydrogen) atoms. The lowest BCUT2D eigenvalue weighted by atomic mass is 9.67. The molecule has 1 spiro atoms. The van der Waals surface area contributed by atoms with Crippen molar-refractivity contribution in [2.24, 2.45) is 17.8 Å². The van der Waals surface area contributed by atoms with Crippen LogP contribution >= 0.6 is 0 Å². The molecule has 1 saturated heterocycles. The Balaban J connectivity index is 1.53. The average molecular weight is 266 g/mol. The lowest BCUT2D eigenvalue weighted by Crippen LogP contribution is -2.49. The number of hydrogen-bond donors (Lipinski definition) is 1. The summed E-state index contributed by atoms with van der Waals surface area (Å²) >= 11 is 0. The van der Waals surface area contributed by atoms with Crippen LogP contribution in [0.3, 0.4) is 0 Å². The third kappa shape index (κ3) is 2.85. The third-order valence-electron chi connectivity index (χ3n) is 6.23. The van der Waals surface area contributed by atoms with Gasteiger partial charge in [0.2, 0.25) is 0 Å². The van der Waals surface area contributed by atoms with Crippen LogP contribution in [0.15, 0.2) is 0 Å². The van der Waals surface area contributed by atoms with Gasteiger partial charge in [0, 0.05) is 6.61 Å². The highest BCUT2D eigenvalue weighted by Crippen LogP contribution is 2.46. The van der Waals surface area contributed by atoms with Gasteiger partial charge >= 0.3 is 0 Å². The van der Waals surface area contributed by atoms with Crippen LogP contribution in [0.5, 0.6) is 0 Å². The number of rotatable bonds is 3. The molecule has 3 fully saturated rings. The number of ether oxygens (including phenoxy) is 1. The maximum atomic E-state index is 10.8. The van der Waals surface area contributed by atoms with Gasteiger partial charge in [-0.3, -0.25) is 0 Å². The zero-order valence-corrected chi connectivity index (χ0v) is 12.4. The predicted octanol–water partition coefficient (Wildman–Crippen LogP) is 3.91. The predicted molar refractivity (Wildman–Crippen MR) is 77.0 cm³/mol. The molecule has 0 aromatic heterocycles. The van der Waals surface area contributed by atoms with E-state index < -0.39 is 0 Å². The van der Waals surface area contributed by atoms with Gasteiger partial charge in [-0.05, 0) is 62.7 Å². The van der Waals surface area contributed by atoms with Crippen LogP contribution in [0.2, 0.25) is 0 Å². The first kappa shape index (κ1) is 13.9. The van der Waals surface area contributed by atoms with Crippen molar-refractivity contribution in [3.8, 4) is 0 Å².